The van der Waals surface area contributed by atoms with E-state index in [2.05, 4.69) is 10.5 Å². The maximum Gasteiger partial charge on any atom is 0.265 e. The zero-order valence-corrected chi connectivity index (χ0v) is 13.9. The highest BCUT2D eigenvalue weighted by Gasteiger charge is 2.06. The van der Waals surface area contributed by atoms with Crippen LogP contribution in [0.1, 0.15) is 11.1 Å². The highest BCUT2D eigenvalue weighted by atomic mass is 16.6. The molecule has 0 aromatic heterocycles. The van der Waals surface area contributed by atoms with Gasteiger partial charge in [0.2, 0.25) is 0 Å². The fraction of sp³-hybridized carbons (Fsp3) is 0.222. The Kier molecular flexibility index (Phi) is 6.19. The zero-order chi connectivity index (χ0) is 17.4. The molecular weight excluding hydrogens is 308 g/mol. The van der Waals surface area contributed by atoms with Crippen LogP contribution in [-0.4, -0.2) is 32.9 Å². The van der Waals surface area contributed by atoms with Crippen LogP contribution in [0.4, 0.5) is 5.69 Å². The number of amides is 1. The predicted octanol–water partition coefficient (Wildman–Crippen LogP) is 3.00. The third-order valence-electron chi connectivity index (χ3n) is 3.29. The summed E-state index contributed by atoms with van der Waals surface area (Å²) < 4.78 is 10.3. The van der Waals surface area contributed by atoms with Crippen molar-refractivity contribution in [2.45, 2.75) is 6.92 Å². The molecule has 0 atom stereocenters. The van der Waals surface area contributed by atoms with Gasteiger partial charge in [0.25, 0.3) is 5.91 Å². The molecule has 0 fully saturated rings. The predicted molar refractivity (Wildman–Crippen MR) is 92.9 cm³/mol. The van der Waals surface area contributed by atoms with E-state index < -0.39 is 0 Å². The minimum Gasteiger partial charge on any atom is -0.497 e. The number of ether oxygens (including phenoxy) is 2. The first-order chi connectivity index (χ1) is 11.6. The molecule has 0 radical (unpaired) electrons. The maximum atomic E-state index is 11.9. The number of benzene rings is 2. The first kappa shape index (κ1) is 17.3. The van der Waals surface area contributed by atoms with Gasteiger partial charge >= 0.3 is 0 Å². The fourth-order valence-electron chi connectivity index (χ4n) is 2.00. The van der Waals surface area contributed by atoms with E-state index in [1.165, 1.54) is 0 Å². The molecule has 0 unspecified atom stereocenters. The van der Waals surface area contributed by atoms with Crippen molar-refractivity contribution in [3.63, 3.8) is 0 Å². The summed E-state index contributed by atoms with van der Waals surface area (Å²) in [7, 11) is 3.09. The lowest BCUT2D eigenvalue weighted by molar-refractivity contribution is -0.120. The summed E-state index contributed by atoms with van der Waals surface area (Å²) in [5, 5.41) is 6.52. The van der Waals surface area contributed by atoms with Gasteiger partial charge in [-0.15, -0.1) is 0 Å². The maximum absolute atomic E-state index is 11.9. The van der Waals surface area contributed by atoms with Crippen LogP contribution in [-0.2, 0) is 9.63 Å². The molecule has 2 aromatic rings. The van der Waals surface area contributed by atoms with Crippen LogP contribution in [0.2, 0.25) is 0 Å². The van der Waals surface area contributed by atoms with E-state index in [-0.39, 0.29) is 12.5 Å². The molecule has 0 spiro atoms. The van der Waals surface area contributed by atoms with Crippen molar-refractivity contribution >= 4 is 17.8 Å². The summed E-state index contributed by atoms with van der Waals surface area (Å²) in [6.45, 7) is 1.78. The number of oxime groups is 1. The number of nitrogens with zero attached hydrogens (tertiary/aromatic N) is 1. The van der Waals surface area contributed by atoms with E-state index in [1.54, 1.807) is 38.6 Å². The Morgan fingerprint density at radius 2 is 1.79 bits per heavy atom. The monoisotopic (exact) mass is 328 g/mol. The van der Waals surface area contributed by atoms with Crippen LogP contribution in [0, 0.1) is 6.92 Å². The second kappa shape index (κ2) is 8.57. The SMILES string of the molecule is COc1cc(NC(=O)CO/N=C/c2ccccc2C)cc(OC)c1. The summed E-state index contributed by atoms with van der Waals surface area (Å²) >= 11 is 0. The Balaban J connectivity index is 1.88. The molecule has 126 valence electrons. The Hall–Kier alpha value is -3.02. The van der Waals surface area contributed by atoms with Gasteiger partial charge in [-0.2, -0.15) is 0 Å². The average Bonchev–Trinajstić information content (AvgIpc) is 2.59. The van der Waals surface area contributed by atoms with Gasteiger partial charge in [0.05, 0.1) is 20.4 Å². The van der Waals surface area contributed by atoms with Crippen molar-refractivity contribution in [2.24, 2.45) is 5.16 Å². The van der Waals surface area contributed by atoms with Crippen molar-refractivity contribution in [3.05, 3.63) is 53.6 Å². The number of nitrogens with one attached hydrogen (secondary N) is 1. The van der Waals surface area contributed by atoms with E-state index in [0.29, 0.717) is 17.2 Å². The van der Waals surface area contributed by atoms with E-state index in [4.69, 9.17) is 14.3 Å². The first-order valence-electron chi connectivity index (χ1n) is 7.36. The quantitative estimate of drug-likeness (QED) is 0.626. The van der Waals surface area contributed by atoms with Crippen molar-refractivity contribution in [1.29, 1.82) is 0 Å². The topological polar surface area (TPSA) is 69.2 Å². The molecule has 0 aliphatic heterocycles. The second-order valence-corrected chi connectivity index (χ2v) is 5.01. The lowest BCUT2D eigenvalue weighted by atomic mass is 10.1. The molecule has 0 aliphatic carbocycles. The van der Waals surface area contributed by atoms with Gasteiger partial charge in [0.1, 0.15) is 11.5 Å². The molecule has 0 heterocycles. The average molecular weight is 328 g/mol. The zero-order valence-electron chi connectivity index (χ0n) is 13.9. The molecule has 1 N–H and O–H groups in total. The van der Waals surface area contributed by atoms with Crippen LogP contribution < -0.4 is 14.8 Å². The highest BCUT2D eigenvalue weighted by molar-refractivity contribution is 5.92. The molecule has 2 rings (SSSR count). The number of carbonyl (C=O) groups is 1. The molecular formula is C18H20N2O4. The summed E-state index contributed by atoms with van der Waals surface area (Å²) in [6, 6.07) is 12.9. The molecule has 2 aromatic carbocycles. The van der Waals surface area contributed by atoms with Crippen LogP contribution in [0.25, 0.3) is 0 Å². The number of anilines is 1. The molecule has 24 heavy (non-hydrogen) atoms. The van der Waals surface area contributed by atoms with Crippen LogP contribution in [0.3, 0.4) is 0 Å². The number of methoxy groups -OCH3 is 2. The van der Waals surface area contributed by atoms with E-state index >= 15 is 0 Å². The van der Waals surface area contributed by atoms with Crippen molar-refractivity contribution in [3.8, 4) is 11.5 Å². The number of aryl methyl sites for hydroxylation is 1. The Morgan fingerprint density at radius 3 is 2.42 bits per heavy atom. The van der Waals surface area contributed by atoms with E-state index in [1.807, 2.05) is 31.2 Å². The minimum absolute atomic E-state index is 0.193. The molecule has 0 aliphatic rings. The molecule has 6 heteroatoms. The van der Waals surface area contributed by atoms with Gasteiger partial charge < -0.3 is 19.6 Å². The molecule has 0 bridgehead atoms. The smallest absolute Gasteiger partial charge is 0.265 e. The number of hydrogen-bond acceptors (Lipinski definition) is 5. The van der Waals surface area contributed by atoms with Gasteiger partial charge in [0.15, 0.2) is 6.61 Å². The summed E-state index contributed by atoms with van der Waals surface area (Å²) in [6.07, 6.45) is 1.58. The Bertz CT molecular complexity index is 706. The minimum atomic E-state index is -0.327. The number of carbonyl (C=O) groups excluding carboxylic acids is 1. The Morgan fingerprint density at radius 1 is 1.12 bits per heavy atom. The second-order valence-electron chi connectivity index (χ2n) is 5.01. The molecule has 0 saturated heterocycles. The Labute approximate surface area is 141 Å². The van der Waals surface area contributed by atoms with Gasteiger partial charge in [-0.3, -0.25) is 4.79 Å². The lowest BCUT2D eigenvalue weighted by Gasteiger charge is -2.09. The van der Waals surface area contributed by atoms with Gasteiger partial charge in [-0.1, -0.05) is 29.4 Å². The third-order valence-corrected chi connectivity index (χ3v) is 3.29. The summed E-state index contributed by atoms with van der Waals surface area (Å²) in [5.74, 6) is 0.846. The van der Waals surface area contributed by atoms with Crippen molar-refractivity contribution in [2.75, 3.05) is 26.1 Å². The first-order valence-corrected chi connectivity index (χ1v) is 7.36. The number of hydrogen-bond donors (Lipinski definition) is 1. The third kappa shape index (κ3) is 5.01. The largest absolute Gasteiger partial charge is 0.497 e. The lowest BCUT2D eigenvalue weighted by Crippen LogP contribution is -2.17. The van der Waals surface area contributed by atoms with Crippen LogP contribution in [0.5, 0.6) is 11.5 Å². The summed E-state index contributed by atoms with van der Waals surface area (Å²) in [4.78, 5) is 16.9. The van der Waals surface area contributed by atoms with Gasteiger partial charge in [-0.05, 0) is 18.1 Å². The normalized spacial score (nSPS) is 10.5. The number of rotatable bonds is 7. The van der Waals surface area contributed by atoms with Crippen molar-refractivity contribution < 1.29 is 19.1 Å². The van der Waals surface area contributed by atoms with Crippen LogP contribution in [0.15, 0.2) is 47.6 Å². The molecule has 1 amide bonds. The van der Waals surface area contributed by atoms with E-state index in [9.17, 15) is 4.79 Å². The standard InChI is InChI=1S/C18H20N2O4/c1-13-6-4-5-7-14(13)11-19-24-12-18(21)20-15-8-16(22-2)10-17(9-15)23-3/h4-11H,12H2,1-3H3,(H,20,21)/b19-11+. The highest BCUT2D eigenvalue weighted by Crippen LogP contribution is 2.25. The van der Waals surface area contributed by atoms with Gasteiger partial charge in [0, 0.05) is 23.9 Å². The molecule has 0 saturated carbocycles. The van der Waals surface area contributed by atoms with E-state index in [0.717, 1.165) is 11.1 Å². The van der Waals surface area contributed by atoms with Gasteiger partial charge in [-0.25, -0.2) is 0 Å². The fourth-order valence-corrected chi connectivity index (χ4v) is 2.00. The van der Waals surface area contributed by atoms with Crippen molar-refractivity contribution in [1.82, 2.24) is 0 Å². The van der Waals surface area contributed by atoms with Crippen LogP contribution >= 0.6 is 0 Å². The molecule has 6 nitrogen and oxygen atoms in total. The summed E-state index contributed by atoms with van der Waals surface area (Å²) in [5.41, 5.74) is 2.58.